The third-order valence-corrected chi connectivity index (χ3v) is 5.81. The first-order valence-corrected chi connectivity index (χ1v) is 9.21. The van der Waals surface area contributed by atoms with Gasteiger partial charge in [0.05, 0.1) is 0 Å². The summed E-state index contributed by atoms with van der Waals surface area (Å²) in [7, 11) is 0. The van der Waals surface area contributed by atoms with Gasteiger partial charge in [0, 0.05) is 49.8 Å². The Hall–Kier alpha value is 0.230. The van der Waals surface area contributed by atoms with E-state index in [0.717, 1.165) is 0 Å². The summed E-state index contributed by atoms with van der Waals surface area (Å²) in [5.74, 6) is 2.66. The summed E-state index contributed by atoms with van der Waals surface area (Å²) in [6.07, 6.45) is 3.80. The molecule has 2 aliphatic rings. The second-order valence-electron chi connectivity index (χ2n) is 6.00. The van der Waals surface area contributed by atoms with Crippen LogP contribution >= 0.6 is 11.8 Å². The van der Waals surface area contributed by atoms with E-state index in [9.17, 15) is 0 Å². The van der Waals surface area contributed by atoms with Crippen molar-refractivity contribution in [3.05, 3.63) is 0 Å². The molecule has 0 bridgehead atoms. The summed E-state index contributed by atoms with van der Waals surface area (Å²) < 4.78 is 0. The SMILES string of the molecule is CCC1(CC)CN(CCN2CCSCC2)CCCN1. The zero-order valence-electron chi connectivity index (χ0n) is 12.8. The molecular formula is C15H31N3S. The first-order chi connectivity index (χ1) is 9.28. The van der Waals surface area contributed by atoms with Gasteiger partial charge in [-0.15, -0.1) is 0 Å². The normalized spacial score (nSPS) is 26.2. The topological polar surface area (TPSA) is 18.5 Å². The van der Waals surface area contributed by atoms with Crippen LogP contribution in [0.25, 0.3) is 0 Å². The van der Waals surface area contributed by atoms with Crippen LogP contribution in [-0.2, 0) is 0 Å². The average molecular weight is 286 g/mol. The summed E-state index contributed by atoms with van der Waals surface area (Å²) in [6.45, 7) is 13.5. The molecule has 0 aromatic heterocycles. The Morgan fingerprint density at radius 3 is 2.37 bits per heavy atom. The Balaban J connectivity index is 1.80. The van der Waals surface area contributed by atoms with Gasteiger partial charge in [0.1, 0.15) is 0 Å². The predicted octanol–water partition coefficient (Wildman–Crippen LogP) is 1.89. The zero-order valence-corrected chi connectivity index (χ0v) is 13.6. The Kier molecular flexibility index (Phi) is 6.46. The summed E-state index contributed by atoms with van der Waals surface area (Å²) in [5, 5.41) is 3.80. The number of hydrogen-bond acceptors (Lipinski definition) is 4. The van der Waals surface area contributed by atoms with Gasteiger partial charge in [0.2, 0.25) is 0 Å². The van der Waals surface area contributed by atoms with Crippen molar-refractivity contribution in [2.75, 3.05) is 57.3 Å². The highest BCUT2D eigenvalue weighted by Gasteiger charge is 2.30. The molecular weight excluding hydrogens is 254 g/mol. The summed E-state index contributed by atoms with van der Waals surface area (Å²) in [5.41, 5.74) is 0.369. The average Bonchev–Trinajstić information content (AvgIpc) is 2.69. The molecule has 19 heavy (non-hydrogen) atoms. The van der Waals surface area contributed by atoms with Gasteiger partial charge in [0.15, 0.2) is 0 Å². The van der Waals surface area contributed by atoms with Crippen LogP contribution in [0, 0.1) is 0 Å². The van der Waals surface area contributed by atoms with E-state index in [4.69, 9.17) is 0 Å². The monoisotopic (exact) mass is 285 g/mol. The maximum atomic E-state index is 3.80. The number of nitrogens with one attached hydrogen (secondary N) is 1. The number of rotatable bonds is 5. The van der Waals surface area contributed by atoms with Gasteiger partial charge < -0.3 is 15.1 Å². The standard InChI is InChI=1S/C15H31N3S/c1-3-15(4-2)14-18(7-5-6-16-15)9-8-17-10-12-19-13-11-17/h16H,3-14H2,1-2H3. The van der Waals surface area contributed by atoms with Gasteiger partial charge in [0.25, 0.3) is 0 Å². The second kappa shape index (κ2) is 7.87. The van der Waals surface area contributed by atoms with Crippen molar-refractivity contribution in [2.45, 2.75) is 38.6 Å². The zero-order chi connectivity index (χ0) is 13.6. The maximum absolute atomic E-state index is 3.80. The summed E-state index contributed by atoms with van der Waals surface area (Å²) >= 11 is 2.11. The molecule has 1 N–H and O–H groups in total. The van der Waals surface area contributed by atoms with Crippen molar-refractivity contribution < 1.29 is 0 Å². The molecule has 2 fully saturated rings. The Labute approximate surface area is 123 Å². The van der Waals surface area contributed by atoms with Gasteiger partial charge >= 0.3 is 0 Å². The quantitative estimate of drug-likeness (QED) is 0.831. The third kappa shape index (κ3) is 4.62. The van der Waals surface area contributed by atoms with Crippen LogP contribution in [0.4, 0.5) is 0 Å². The van der Waals surface area contributed by atoms with Crippen molar-refractivity contribution in [3.8, 4) is 0 Å². The summed E-state index contributed by atoms with van der Waals surface area (Å²) in [6, 6.07) is 0. The van der Waals surface area contributed by atoms with E-state index < -0.39 is 0 Å². The van der Waals surface area contributed by atoms with Crippen LogP contribution in [0.3, 0.4) is 0 Å². The van der Waals surface area contributed by atoms with E-state index in [2.05, 4.69) is 40.7 Å². The minimum atomic E-state index is 0.369. The molecule has 0 aromatic rings. The molecule has 0 aromatic carbocycles. The smallest absolute Gasteiger partial charge is 0.0303 e. The molecule has 0 unspecified atom stereocenters. The largest absolute Gasteiger partial charge is 0.310 e. The van der Waals surface area contributed by atoms with Crippen LogP contribution in [0.5, 0.6) is 0 Å². The van der Waals surface area contributed by atoms with E-state index in [1.165, 1.54) is 76.6 Å². The van der Waals surface area contributed by atoms with E-state index >= 15 is 0 Å². The maximum Gasteiger partial charge on any atom is 0.0303 e. The van der Waals surface area contributed by atoms with Gasteiger partial charge in [-0.25, -0.2) is 0 Å². The minimum Gasteiger partial charge on any atom is -0.310 e. The minimum absolute atomic E-state index is 0.369. The molecule has 0 atom stereocenters. The van der Waals surface area contributed by atoms with Crippen molar-refractivity contribution in [1.82, 2.24) is 15.1 Å². The lowest BCUT2D eigenvalue weighted by molar-refractivity contribution is 0.172. The van der Waals surface area contributed by atoms with Crippen molar-refractivity contribution in [3.63, 3.8) is 0 Å². The van der Waals surface area contributed by atoms with Crippen LogP contribution in [0.2, 0.25) is 0 Å². The lowest BCUT2D eigenvalue weighted by atomic mass is 9.92. The lowest BCUT2D eigenvalue weighted by Crippen LogP contribution is -2.51. The van der Waals surface area contributed by atoms with Gasteiger partial charge in [-0.05, 0) is 32.4 Å². The molecule has 0 amide bonds. The third-order valence-electron chi connectivity index (χ3n) is 4.87. The first kappa shape index (κ1) is 15.6. The van der Waals surface area contributed by atoms with Crippen molar-refractivity contribution >= 4 is 11.8 Å². The van der Waals surface area contributed by atoms with Gasteiger partial charge in [-0.3, -0.25) is 0 Å². The van der Waals surface area contributed by atoms with E-state index in [0.29, 0.717) is 5.54 Å². The van der Waals surface area contributed by atoms with Crippen LogP contribution in [0.15, 0.2) is 0 Å². The molecule has 112 valence electrons. The number of hydrogen-bond donors (Lipinski definition) is 1. The molecule has 3 nitrogen and oxygen atoms in total. The Morgan fingerprint density at radius 1 is 1.00 bits per heavy atom. The van der Waals surface area contributed by atoms with E-state index in [-0.39, 0.29) is 0 Å². The van der Waals surface area contributed by atoms with Crippen molar-refractivity contribution in [1.29, 1.82) is 0 Å². The number of nitrogens with zero attached hydrogens (tertiary/aromatic N) is 2. The molecule has 0 aliphatic carbocycles. The van der Waals surface area contributed by atoms with Crippen LogP contribution < -0.4 is 5.32 Å². The lowest BCUT2D eigenvalue weighted by Gasteiger charge is -2.36. The highest BCUT2D eigenvalue weighted by atomic mass is 32.2. The second-order valence-corrected chi connectivity index (χ2v) is 7.22. The molecule has 0 saturated carbocycles. The fourth-order valence-electron chi connectivity index (χ4n) is 3.24. The molecule has 2 saturated heterocycles. The van der Waals surface area contributed by atoms with Gasteiger partial charge in [-0.2, -0.15) is 11.8 Å². The highest BCUT2D eigenvalue weighted by Crippen LogP contribution is 2.19. The molecule has 4 heteroatoms. The van der Waals surface area contributed by atoms with Crippen LogP contribution in [-0.4, -0.2) is 72.7 Å². The fourth-order valence-corrected chi connectivity index (χ4v) is 4.22. The fraction of sp³-hybridized carbons (Fsp3) is 1.00. The molecule has 2 rings (SSSR count). The molecule has 2 heterocycles. The Morgan fingerprint density at radius 2 is 1.68 bits per heavy atom. The molecule has 2 aliphatic heterocycles. The highest BCUT2D eigenvalue weighted by molar-refractivity contribution is 7.99. The molecule has 0 radical (unpaired) electrons. The molecule has 0 spiro atoms. The first-order valence-electron chi connectivity index (χ1n) is 8.05. The van der Waals surface area contributed by atoms with E-state index in [1.807, 2.05) is 0 Å². The van der Waals surface area contributed by atoms with E-state index in [1.54, 1.807) is 0 Å². The predicted molar refractivity (Wildman–Crippen MR) is 86.1 cm³/mol. The van der Waals surface area contributed by atoms with Gasteiger partial charge in [-0.1, -0.05) is 13.8 Å². The summed E-state index contributed by atoms with van der Waals surface area (Å²) in [4.78, 5) is 5.35. The number of thioether (sulfide) groups is 1. The van der Waals surface area contributed by atoms with Crippen molar-refractivity contribution in [2.24, 2.45) is 0 Å². The van der Waals surface area contributed by atoms with Crippen LogP contribution in [0.1, 0.15) is 33.1 Å². The Bertz CT molecular complexity index is 250.